The molecule has 2 aromatic heterocycles. The molecule has 0 aromatic carbocycles. The number of likely N-dealkylation sites (tertiary alicyclic amines) is 1. The summed E-state index contributed by atoms with van der Waals surface area (Å²) in [6.45, 7) is 1.37. The third kappa shape index (κ3) is 4.14. The Kier molecular flexibility index (Phi) is 5.94. The average Bonchev–Trinajstić information content (AvgIpc) is 3.49. The van der Waals surface area contributed by atoms with Crippen molar-refractivity contribution in [3.8, 4) is 0 Å². The van der Waals surface area contributed by atoms with Crippen molar-refractivity contribution in [3.05, 3.63) is 35.5 Å². The van der Waals surface area contributed by atoms with Gasteiger partial charge >= 0.3 is 0 Å². The Morgan fingerprint density at radius 2 is 1.97 bits per heavy atom. The minimum absolute atomic E-state index is 0.0173. The molecule has 2 aromatic rings. The minimum Gasteiger partial charge on any atom is -0.349 e. The van der Waals surface area contributed by atoms with Crippen molar-refractivity contribution in [2.24, 2.45) is 7.05 Å². The topological polar surface area (TPSA) is 105 Å². The number of hydrogen-bond acceptors (Lipinski definition) is 6. The minimum atomic E-state index is -3.64. The van der Waals surface area contributed by atoms with E-state index in [9.17, 15) is 18.0 Å². The Morgan fingerprint density at radius 3 is 2.60 bits per heavy atom. The van der Waals surface area contributed by atoms with Crippen LogP contribution in [0.5, 0.6) is 0 Å². The van der Waals surface area contributed by atoms with Gasteiger partial charge in [-0.2, -0.15) is 9.40 Å². The van der Waals surface area contributed by atoms with E-state index in [1.54, 1.807) is 40.3 Å². The quantitative estimate of drug-likeness (QED) is 0.732. The molecule has 4 heterocycles. The molecule has 4 rings (SSSR count). The summed E-state index contributed by atoms with van der Waals surface area (Å²) in [4.78, 5) is 27.1. The molecule has 2 saturated heterocycles. The van der Waals surface area contributed by atoms with Crippen molar-refractivity contribution in [2.45, 2.75) is 42.0 Å². The summed E-state index contributed by atoms with van der Waals surface area (Å²) < 4.78 is 29.0. The van der Waals surface area contributed by atoms with Crippen LogP contribution in [0.25, 0.3) is 0 Å². The number of thiophene rings is 1. The molecule has 0 aliphatic carbocycles. The zero-order valence-corrected chi connectivity index (χ0v) is 18.4. The lowest BCUT2D eigenvalue weighted by atomic mass is 10.0. The van der Waals surface area contributed by atoms with E-state index in [1.165, 1.54) is 21.8 Å². The summed E-state index contributed by atoms with van der Waals surface area (Å²) in [6.07, 6.45) is 5.69. The van der Waals surface area contributed by atoms with Gasteiger partial charge in [-0.3, -0.25) is 14.3 Å². The first kappa shape index (κ1) is 21.0. The van der Waals surface area contributed by atoms with Gasteiger partial charge in [0.25, 0.3) is 15.9 Å². The van der Waals surface area contributed by atoms with E-state index in [4.69, 9.17) is 0 Å². The Hall–Kier alpha value is -2.24. The van der Waals surface area contributed by atoms with Crippen LogP contribution in [0.2, 0.25) is 0 Å². The smallest absolute Gasteiger partial charge is 0.254 e. The van der Waals surface area contributed by atoms with Crippen LogP contribution in [0.1, 0.15) is 36.0 Å². The lowest BCUT2D eigenvalue weighted by molar-refractivity contribution is -0.135. The maximum absolute atomic E-state index is 13.1. The Morgan fingerprint density at radius 1 is 1.20 bits per heavy atom. The maximum atomic E-state index is 13.1. The molecular formula is C19H25N5O4S2. The van der Waals surface area contributed by atoms with E-state index < -0.39 is 16.1 Å². The van der Waals surface area contributed by atoms with E-state index in [0.717, 1.165) is 0 Å². The molecule has 0 saturated carbocycles. The van der Waals surface area contributed by atoms with Gasteiger partial charge in [0.2, 0.25) is 5.91 Å². The van der Waals surface area contributed by atoms with E-state index in [-0.39, 0.29) is 22.1 Å². The molecule has 0 spiro atoms. The molecule has 1 N–H and O–H groups in total. The first-order valence-corrected chi connectivity index (χ1v) is 12.3. The monoisotopic (exact) mass is 451 g/mol. The Balaban J connectivity index is 1.35. The summed E-state index contributed by atoms with van der Waals surface area (Å²) >= 11 is 1.17. The zero-order chi connectivity index (χ0) is 21.3. The Labute approximate surface area is 179 Å². The van der Waals surface area contributed by atoms with Gasteiger partial charge in [0.05, 0.1) is 11.8 Å². The molecule has 2 aliphatic heterocycles. The van der Waals surface area contributed by atoms with Crippen LogP contribution in [-0.2, 0) is 21.9 Å². The molecular weight excluding hydrogens is 426 g/mol. The second kappa shape index (κ2) is 8.48. The first-order chi connectivity index (χ1) is 14.4. The van der Waals surface area contributed by atoms with E-state index in [0.29, 0.717) is 50.9 Å². The fourth-order valence-electron chi connectivity index (χ4n) is 4.06. The molecule has 9 nitrogen and oxygen atoms in total. The molecule has 2 aliphatic rings. The van der Waals surface area contributed by atoms with Crippen molar-refractivity contribution < 1.29 is 18.0 Å². The lowest BCUT2D eigenvalue weighted by Crippen LogP contribution is -2.52. The fourth-order valence-corrected chi connectivity index (χ4v) is 6.83. The zero-order valence-electron chi connectivity index (χ0n) is 16.7. The predicted octanol–water partition coefficient (Wildman–Crippen LogP) is 1.06. The SMILES string of the molecule is Cn1cc(C(=O)NC2CCN(C(=O)C3CCCN3S(=O)(=O)c3cccs3)CC2)cn1. The van der Waals surface area contributed by atoms with Gasteiger partial charge in [-0.15, -0.1) is 11.3 Å². The molecule has 30 heavy (non-hydrogen) atoms. The highest BCUT2D eigenvalue weighted by Gasteiger charge is 2.42. The van der Waals surface area contributed by atoms with Crippen molar-refractivity contribution in [1.29, 1.82) is 0 Å². The van der Waals surface area contributed by atoms with Gasteiger partial charge in [0, 0.05) is 38.9 Å². The standard InChI is InChI=1S/C19H25N5O4S2/c1-22-13-14(12-20-22)18(25)21-15-6-9-23(10-7-15)19(26)16-4-2-8-24(16)30(27,28)17-5-3-11-29-17/h3,5,11-13,15-16H,2,4,6-10H2,1H3,(H,21,25). The summed E-state index contributed by atoms with van der Waals surface area (Å²) in [5, 5.41) is 8.73. The van der Waals surface area contributed by atoms with Crippen LogP contribution in [0.4, 0.5) is 0 Å². The van der Waals surface area contributed by atoms with E-state index in [2.05, 4.69) is 10.4 Å². The number of amides is 2. The van der Waals surface area contributed by atoms with Crippen LogP contribution in [-0.4, -0.2) is 70.9 Å². The van der Waals surface area contributed by atoms with Gasteiger partial charge in [0.15, 0.2) is 0 Å². The molecule has 162 valence electrons. The number of rotatable bonds is 5. The number of carbonyl (C=O) groups excluding carboxylic acids is 2. The second-order valence-corrected chi connectivity index (χ2v) is 10.7. The maximum Gasteiger partial charge on any atom is 0.254 e. The highest BCUT2D eigenvalue weighted by molar-refractivity contribution is 7.91. The van der Waals surface area contributed by atoms with Crippen LogP contribution in [0.3, 0.4) is 0 Å². The van der Waals surface area contributed by atoms with E-state index in [1.807, 2.05) is 0 Å². The number of aromatic nitrogens is 2. The number of nitrogens with zero attached hydrogens (tertiary/aromatic N) is 4. The van der Waals surface area contributed by atoms with Crippen molar-refractivity contribution >= 4 is 33.2 Å². The van der Waals surface area contributed by atoms with Crippen LogP contribution < -0.4 is 5.32 Å². The largest absolute Gasteiger partial charge is 0.349 e. The third-order valence-corrected chi connectivity index (χ3v) is 8.94. The molecule has 0 radical (unpaired) electrons. The molecule has 2 fully saturated rings. The number of nitrogens with one attached hydrogen (secondary N) is 1. The van der Waals surface area contributed by atoms with Gasteiger partial charge in [-0.1, -0.05) is 6.07 Å². The molecule has 1 atom stereocenters. The molecule has 11 heteroatoms. The average molecular weight is 452 g/mol. The summed E-state index contributed by atoms with van der Waals surface area (Å²) in [6, 6.07) is 2.63. The fraction of sp³-hybridized carbons (Fsp3) is 0.526. The molecule has 1 unspecified atom stereocenters. The highest BCUT2D eigenvalue weighted by atomic mass is 32.2. The number of sulfonamides is 1. The van der Waals surface area contributed by atoms with Gasteiger partial charge in [0.1, 0.15) is 10.3 Å². The third-order valence-electron chi connectivity index (χ3n) is 5.66. The number of aryl methyl sites for hydroxylation is 1. The van der Waals surface area contributed by atoms with E-state index >= 15 is 0 Å². The van der Waals surface area contributed by atoms with Crippen molar-refractivity contribution in [2.75, 3.05) is 19.6 Å². The first-order valence-electron chi connectivity index (χ1n) is 10.00. The van der Waals surface area contributed by atoms with Crippen LogP contribution in [0.15, 0.2) is 34.1 Å². The Bertz CT molecular complexity index is 1010. The van der Waals surface area contributed by atoms with Crippen LogP contribution in [0, 0.1) is 0 Å². The normalized spacial score (nSPS) is 21.1. The summed E-state index contributed by atoms with van der Waals surface area (Å²) in [5.41, 5.74) is 0.511. The van der Waals surface area contributed by atoms with Crippen molar-refractivity contribution in [3.63, 3.8) is 0 Å². The predicted molar refractivity (Wildman–Crippen MR) is 112 cm³/mol. The summed E-state index contributed by atoms with van der Waals surface area (Å²) in [7, 11) is -1.89. The van der Waals surface area contributed by atoms with Crippen molar-refractivity contribution in [1.82, 2.24) is 24.3 Å². The van der Waals surface area contributed by atoms with Gasteiger partial charge < -0.3 is 10.2 Å². The molecule has 2 amide bonds. The highest BCUT2D eigenvalue weighted by Crippen LogP contribution is 2.30. The lowest BCUT2D eigenvalue weighted by Gasteiger charge is -2.35. The summed E-state index contributed by atoms with van der Waals surface area (Å²) in [5.74, 6) is -0.304. The number of piperidine rings is 1. The van der Waals surface area contributed by atoms with Crippen LogP contribution >= 0.6 is 11.3 Å². The van der Waals surface area contributed by atoms with Gasteiger partial charge in [-0.05, 0) is 37.1 Å². The second-order valence-electron chi connectivity index (χ2n) is 7.68. The van der Waals surface area contributed by atoms with Gasteiger partial charge in [-0.25, -0.2) is 8.42 Å². The molecule has 0 bridgehead atoms. The number of carbonyl (C=O) groups is 2. The number of hydrogen-bond donors (Lipinski definition) is 1.